The monoisotopic (exact) mass is 411 g/mol. The quantitative estimate of drug-likeness (QED) is 0.283. The van der Waals surface area contributed by atoms with Crippen molar-refractivity contribution >= 4 is 0 Å². The molecule has 0 spiro atoms. The first-order chi connectivity index (χ1) is 10.9. The van der Waals surface area contributed by atoms with Crippen molar-refractivity contribution in [1.82, 2.24) is 0 Å². The fraction of sp³-hybridized carbons (Fsp3) is 0.826. The Morgan fingerprint density at radius 2 is 1.21 bits per heavy atom. The van der Waals surface area contributed by atoms with Crippen molar-refractivity contribution in [2.45, 2.75) is 106 Å². The summed E-state index contributed by atoms with van der Waals surface area (Å²) in [6.45, 7) is 19.5. The van der Waals surface area contributed by atoms with Crippen LogP contribution in [0.1, 0.15) is 106 Å². The van der Waals surface area contributed by atoms with Gasteiger partial charge in [-0.15, -0.1) is 6.92 Å². The first kappa shape index (κ1) is 29.5. The summed E-state index contributed by atoms with van der Waals surface area (Å²) >= 11 is 0. The van der Waals surface area contributed by atoms with Gasteiger partial charge in [-0.3, -0.25) is 0 Å². The summed E-state index contributed by atoms with van der Waals surface area (Å²) in [5.41, 5.74) is 1.44. The van der Waals surface area contributed by atoms with Gasteiger partial charge in [0.05, 0.1) is 0 Å². The van der Waals surface area contributed by atoms with E-state index < -0.39 is 0 Å². The number of allylic oxidation sites excluding steroid dienone is 2. The van der Waals surface area contributed by atoms with E-state index >= 15 is 0 Å². The van der Waals surface area contributed by atoms with Gasteiger partial charge in [0.15, 0.2) is 0 Å². The van der Waals surface area contributed by atoms with E-state index in [2.05, 4.69) is 41.5 Å². The van der Waals surface area contributed by atoms with Crippen LogP contribution < -0.4 is 0 Å². The maximum absolute atomic E-state index is 3.83. The van der Waals surface area contributed by atoms with Crippen molar-refractivity contribution in [2.24, 2.45) is 17.8 Å². The molecule has 24 heavy (non-hydrogen) atoms. The zero-order valence-corrected chi connectivity index (χ0v) is 20.9. The second-order valence-corrected chi connectivity index (χ2v) is 7.99. The Balaban J connectivity index is -0.00000102. The maximum Gasteiger partial charge on any atom is 0 e. The van der Waals surface area contributed by atoms with E-state index in [-0.39, 0.29) is 32.7 Å². The minimum absolute atomic E-state index is 0. The third-order valence-corrected chi connectivity index (χ3v) is 4.49. The Hall–Kier alpha value is 0.714. The second-order valence-electron chi connectivity index (χ2n) is 7.99. The second kappa shape index (κ2) is 21.8. The van der Waals surface area contributed by atoms with Gasteiger partial charge in [0, 0.05) is 32.7 Å². The number of rotatable bonds is 12. The van der Waals surface area contributed by atoms with Crippen LogP contribution in [-0.4, -0.2) is 0 Å². The molecule has 0 saturated carbocycles. The van der Waals surface area contributed by atoms with E-state index in [0.29, 0.717) is 0 Å². The molecule has 1 heteroatoms. The van der Waals surface area contributed by atoms with Crippen LogP contribution in [0.5, 0.6) is 0 Å². The van der Waals surface area contributed by atoms with Crippen LogP contribution >= 0.6 is 0 Å². The van der Waals surface area contributed by atoms with Crippen molar-refractivity contribution in [3.63, 3.8) is 0 Å². The predicted octanol–water partition coefficient (Wildman–Crippen LogP) is 8.43. The van der Waals surface area contributed by atoms with Gasteiger partial charge in [0.25, 0.3) is 0 Å². The average Bonchev–Trinajstić information content (AvgIpc) is 2.47. The third kappa shape index (κ3) is 25.0. The van der Waals surface area contributed by atoms with E-state index in [1.54, 1.807) is 0 Å². The Morgan fingerprint density at radius 1 is 0.833 bits per heavy atom. The maximum atomic E-state index is 3.83. The molecule has 0 fully saturated rings. The molecule has 0 aliphatic rings. The largest absolute Gasteiger partial charge is 0.335 e. The number of hydrogen-bond donors (Lipinski definition) is 0. The van der Waals surface area contributed by atoms with Crippen molar-refractivity contribution in [3.8, 4) is 0 Å². The third-order valence-electron chi connectivity index (χ3n) is 4.49. The van der Waals surface area contributed by atoms with Crippen LogP contribution in [0.25, 0.3) is 0 Å². The molecule has 0 amide bonds. The molecule has 1 radical (unpaired) electrons. The van der Waals surface area contributed by atoms with Gasteiger partial charge in [-0.2, -0.15) is 13.8 Å². The van der Waals surface area contributed by atoms with Crippen LogP contribution in [0.4, 0.5) is 0 Å². The minimum atomic E-state index is 0. The molecule has 0 unspecified atom stereocenters. The van der Waals surface area contributed by atoms with E-state index in [0.717, 1.165) is 17.8 Å². The van der Waals surface area contributed by atoms with E-state index in [1.807, 2.05) is 26.3 Å². The summed E-state index contributed by atoms with van der Waals surface area (Å²) in [5, 5.41) is 0. The Morgan fingerprint density at radius 3 is 1.58 bits per heavy atom. The van der Waals surface area contributed by atoms with Gasteiger partial charge in [-0.1, -0.05) is 85.5 Å². The van der Waals surface area contributed by atoms with Crippen LogP contribution in [-0.2, 0) is 32.7 Å². The van der Waals surface area contributed by atoms with Gasteiger partial charge in [0.2, 0.25) is 0 Å². The zero-order chi connectivity index (χ0) is 18.1. The number of hydrogen-bond acceptors (Lipinski definition) is 0. The van der Waals surface area contributed by atoms with Crippen LogP contribution in [0.2, 0.25) is 0 Å². The fourth-order valence-electron chi connectivity index (χ4n) is 2.81. The summed E-state index contributed by atoms with van der Waals surface area (Å²) in [6.07, 6.45) is 16.5. The molecule has 0 saturated heterocycles. The summed E-state index contributed by atoms with van der Waals surface area (Å²) < 4.78 is 0. The first-order valence-corrected chi connectivity index (χ1v) is 10.1. The molecule has 0 aliphatic carbocycles. The van der Waals surface area contributed by atoms with Crippen molar-refractivity contribution < 1.29 is 32.7 Å². The van der Waals surface area contributed by atoms with E-state index in [4.69, 9.17) is 0 Å². The molecule has 0 rings (SSSR count). The molecule has 0 aromatic heterocycles. The smallest absolute Gasteiger partial charge is 0 e. The Kier molecular flexibility index (Phi) is 26.7. The fourth-order valence-corrected chi connectivity index (χ4v) is 2.81. The van der Waals surface area contributed by atoms with Gasteiger partial charge < -0.3 is 6.42 Å². The van der Waals surface area contributed by atoms with Gasteiger partial charge >= 0.3 is 0 Å². The zero-order valence-electron chi connectivity index (χ0n) is 18.0. The predicted molar refractivity (Wildman–Crippen MR) is 109 cm³/mol. The van der Waals surface area contributed by atoms with E-state index in [9.17, 15) is 0 Å². The molecule has 2 atom stereocenters. The first-order valence-electron chi connectivity index (χ1n) is 10.1. The molecule has 0 heterocycles. The van der Waals surface area contributed by atoms with Gasteiger partial charge in [-0.05, 0) is 17.8 Å². The average molecular weight is 412 g/mol. The molecule has 0 N–H and O–H groups in total. The SMILES string of the molecule is C[CH-]C.[CH2-]/C=C(\C)CCC[C@@H](C)CCC[C@@H](C)CCCC(C)C.[Y]. The van der Waals surface area contributed by atoms with Gasteiger partial charge in [0.1, 0.15) is 0 Å². The summed E-state index contributed by atoms with van der Waals surface area (Å²) in [6, 6.07) is 0. The molecule has 0 nitrogen and oxygen atoms in total. The molecular formula is C23H46Y-2. The Bertz CT molecular complexity index is 255. The van der Waals surface area contributed by atoms with E-state index in [1.165, 1.54) is 63.4 Å². The standard InChI is InChI=1S/C20H39.C3H7.Y/c1-7-18(4)12-9-14-20(6)16-10-15-19(5)13-8-11-17(2)3;1-3-2;/h7,17,19-20H,1,8-16H2,2-6H3;3H,1-2H3;/q2*-1;/b18-7+;;/t19-,20+;;/m0../s1. The van der Waals surface area contributed by atoms with Crippen LogP contribution in [0.3, 0.4) is 0 Å². The van der Waals surface area contributed by atoms with Crippen molar-refractivity contribution in [3.05, 3.63) is 25.0 Å². The Labute approximate surface area is 180 Å². The van der Waals surface area contributed by atoms with Gasteiger partial charge in [-0.25, -0.2) is 18.6 Å². The molecule has 0 bridgehead atoms. The molecule has 0 aliphatic heterocycles. The van der Waals surface area contributed by atoms with Crippen molar-refractivity contribution in [2.75, 3.05) is 0 Å². The minimum Gasteiger partial charge on any atom is -0.335 e. The molecule has 0 aromatic rings. The van der Waals surface area contributed by atoms with Crippen LogP contribution in [0, 0.1) is 31.1 Å². The molecule has 143 valence electrons. The molecule has 0 aromatic carbocycles. The van der Waals surface area contributed by atoms with Crippen LogP contribution in [0.15, 0.2) is 11.6 Å². The molecular weight excluding hydrogens is 365 g/mol. The summed E-state index contributed by atoms with van der Waals surface area (Å²) in [5.74, 6) is 2.70. The van der Waals surface area contributed by atoms with Crippen molar-refractivity contribution in [1.29, 1.82) is 0 Å². The normalized spacial score (nSPS) is 13.8. The topological polar surface area (TPSA) is 0 Å². The summed E-state index contributed by atoms with van der Waals surface area (Å²) in [4.78, 5) is 0. The summed E-state index contributed by atoms with van der Waals surface area (Å²) in [7, 11) is 0.